The highest BCUT2D eigenvalue weighted by Crippen LogP contribution is 2.40. The maximum Gasteiger partial charge on any atom is 0.337 e. The van der Waals surface area contributed by atoms with Gasteiger partial charge < -0.3 is 14.2 Å². The molecule has 29 heavy (non-hydrogen) atoms. The second-order valence-electron chi connectivity index (χ2n) is 6.78. The quantitative estimate of drug-likeness (QED) is 0.449. The zero-order valence-corrected chi connectivity index (χ0v) is 16.2. The molecular formula is C24H20O5. The van der Waals surface area contributed by atoms with Gasteiger partial charge in [-0.15, -0.1) is 0 Å². The number of allylic oxidation sites excluding steroid dienone is 5. The van der Waals surface area contributed by atoms with E-state index >= 15 is 0 Å². The first-order valence-corrected chi connectivity index (χ1v) is 9.26. The smallest absolute Gasteiger partial charge is 0.337 e. The first-order chi connectivity index (χ1) is 14.1. The number of methoxy groups -OCH3 is 2. The number of hydrogen-bond acceptors (Lipinski definition) is 5. The van der Waals surface area contributed by atoms with Crippen molar-refractivity contribution in [1.82, 2.24) is 0 Å². The van der Waals surface area contributed by atoms with Crippen LogP contribution >= 0.6 is 0 Å². The van der Waals surface area contributed by atoms with E-state index < -0.39 is 5.97 Å². The lowest BCUT2D eigenvalue weighted by molar-refractivity contribution is -0.129. The summed E-state index contributed by atoms with van der Waals surface area (Å²) < 4.78 is 16.2. The molecule has 0 saturated carbocycles. The normalized spacial score (nSPS) is 16.3. The van der Waals surface area contributed by atoms with E-state index in [9.17, 15) is 9.59 Å². The van der Waals surface area contributed by atoms with Crippen LogP contribution < -0.4 is 14.2 Å². The topological polar surface area (TPSA) is 61.8 Å². The summed E-state index contributed by atoms with van der Waals surface area (Å²) in [7, 11) is 3.00. The summed E-state index contributed by atoms with van der Waals surface area (Å²) in [5.74, 6) is 0.478. The minimum absolute atomic E-state index is 0.0220. The minimum Gasteiger partial charge on any atom is -0.493 e. The van der Waals surface area contributed by atoms with Gasteiger partial charge in [0.25, 0.3) is 0 Å². The Kier molecular flexibility index (Phi) is 5.04. The van der Waals surface area contributed by atoms with Crippen LogP contribution in [0.15, 0.2) is 71.8 Å². The summed E-state index contributed by atoms with van der Waals surface area (Å²) in [5.41, 5.74) is 4.70. The van der Waals surface area contributed by atoms with Crippen LogP contribution in [0.25, 0.3) is 5.57 Å². The molecule has 0 bridgehead atoms. The van der Waals surface area contributed by atoms with Crippen LogP contribution in [-0.2, 0) is 16.0 Å². The molecule has 2 aliphatic carbocycles. The Morgan fingerprint density at radius 2 is 1.66 bits per heavy atom. The molecule has 0 N–H and O–H groups in total. The maximum atomic E-state index is 12.8. The molecule has 0 aliphatic heterocycles. The van der Waals surface area contributed by atoms with Gasteiger partial charge in [0.05, 0.1) is 14.2 Å². The Bertz CT molecular complexity index is 1070. The predicted molar refractivity (Wildman–Crippen MR) is 109 cm³/mol. The standard InChI is InChI=1S/C24H20O5/c1-27-21-8-5-9-22(28-2)24(21)29-23(26)14-20-18-7-4-3-6-15(18)12-16-10-11-17(25)13-19(16)20/h3-11,14H,12-13H2,1-2H3. The Morgan fingerprint density at radius 1 is 0.931 bits per heavy atom. The van der Waals surface area contributed by atoms with E-state index in [1.807, 2.05) is 30.3 Å². The number of ether oxygens (including phenoxy) is 3. The van der Waals surface area contributed by atoms with Crippen molar-refractivity contribution in [3.05, 3.63) is 83.0 Å². The van der Waals surface area contributed by atoms with Gasteiger partial charge in [-0.3, -0.25) is 4.79 Å². The van der Waals surface area contributed by atoms with Gasteiger partial charge in [0.2, 0.25) is 5.75 Å². The summed E-state index contributed by atoms with van der Waals surface area (Å²) in [5, 5.41) is 0. The second-order valence-corrected chi connectivity index (χ2v) is 6.78. The zero-order valence-electron chi connectivity index (χ0n) is 16.2. The Hall–Kier alpha value is -3.60. The van der Waals surface area contributed by atoms with Crippen molar-refractivity contribution in [2.24, 2.45) is 0 Å². The number of rotatable bonds is 4. The zero-order chi connectivity index (χ0) is 20.4. The number of esters is 1. The van der Waals surface area contributed by atoms with Crippen molar-refractivity contribution in [3.8, 4) is 17.2 Å². The van der Waals surface area contributed by atoms with Gasteiger partial charge in [-0.1, -0.05) is 36.4 Å². The van der Waals surface area contributed by atoms with Gasteiger partial charge >= 0.3 is 5.97 Å². The molecule has 0 spiro atoms. The summed E-state index contributed by atoms with van der Waals surface area (Å²) in [6, 6.07) is 13.0. The lowest BCUT2D eigenvalue weighted by Crippen LogP contribution is -2.15. The number of carbonyl (C=O) groups is 2. The molecule has 5 nitrogen and oxygen atoms in total. The maximum absolute atomic E-state index is 12.8. The highest BCUT2D eigenvalue weighted by Gasteiger charge is 2.26. The third kappa shape index (κ3) is 3.59. The molecule has 0 aromatic heterocycles. The van der Waals surface area contributed by atoms with Gasteiger partial charge in [0.15, 0.2) is 17.3 Å². The largest absolute Gasteiger partial charge is 0.493 e. The Labute approximate surface area is 168 Å². The molecule has 2 aromatic rings. The summed E-state index contributed by atoms with van der Waals surface area (Å²) in [6.45, 7) is 0. The average Bonchev–Trinajstić information content (AvgIpc) is 2.74. The van der Waals surface area contributed by atoms with Crippen molar-refractivity contribution >= 4 is 17.3 Å². The first kappa shape index (κ1) is 18.7. The molecule has 2 aliphatic rings. The fourth-order valence-electron chi connectivity index (χ4n) is 3.71. The van der Waals surface area contributed by atoms with E-state index in [2.05, 4.69) is 0 Å². The van der Waals surface area contributed by atoms with Gasteiger partial charge in [0.1, 0.15) is 0 Å². The Morgan fingerprint density at radius 3 is 2.38 bits per heavy atom. The summed E-state index contributed by atoms with van der Waals surface area (Å²) >= 11 is 0. The van der Waals surface area contributed by atoms with Crippen LogP contribution in [0.3, 0.4) is 0 Å². The molecule has 0 heterocycles. The number of ketones is 1. The van der Waals surface area contributed by atoms with Crippen molar-refractivity contribution in [3.63, 3.8) is 0 Å². The van der Waals surface area contributed by atoms with Gasteiger partial charge in [-0.05, 0) is 52.5 Å². The summed E-state index contributed by atoms with van der Waals surface area (Å²) in [6.07, 6.45) is 5.91. The number of carbonyl (C=O) groups excluding carboxylic acids is 2. The number of fused-ring (bicyclic) bond motifs is 1. The fourth-order valence-corrected chi connectivity index (χ4v) is 3.71. The second kappa shape index (κ2) is 7.80. The molecule has 0 amide bonds. The van der Waals surface area contributed by atoms with Crippen LogP contribution in [0.5, 0.6) is 17.2 Å². The molecule has 2 aromatic carbocycles. The van der Waals surface area contributed by atoms with E-state index in [1.165, 1.54) is 20.3 Å². The van der Waals surface area contributed by atoms with Crippen molar-refractivity contribution < 1.29 is 23.8 Å². The third-order valence-corrected chi connectivity index (χ3v) is 5.07. The fraction of sp³-hybridized carbons (Fsp3) is 0.167. The number of benzene rings is 2. The summed E-state index contributed by atoms with van der Waals surface area (Å²) in [4.78, 5) is 24.9. The Balaban J connectivity index is 1.75. The van der Waals surface area contributed by atoms with E-state index in [0.29, 0.717) is 11.5 Å². The van der Waals surface area contributed by atoms with E-state index in [0.717, 1.165) is 34.3 Å². The van der Waals surface area contributed by atoms with Crippen molar-refractivity contribution in [1.29, 1.82) is 0 Å². The minimum atomic E-state index is -0.562. The van der Waals surface area contributed by atoms with Crippen LogP contribution in [0.4, 0.5) is 0 Å². The third-order valence-electron chi connectivity index (χ3n) is 5.07. The lowest BCUT2D eigenvalue weighted by atomic mass is 9.78. The molecule has 4 rings (SSSR count). The van der Waals surface area contributed by atoms with Crippen LogP contribution in [0.1, 0.15) is 17.5 Å². The number of hydrogen-bond donors (Lipinski definition) is 0. The molecule has 0 saturated heterocycles. The van der Waals surface area contributed by atoms with Crippen LogP contribution in [0, 0.1) is 0 Å². The molecular weight excluding hydrogens is 368 g/mol. The van der Waals surface area contributed by atoms with Crippen molar-refractivity contribution in [2.45, 2.75) is 12.8 Å². The monoisotopic (exact) mass is 388 g/mol. The van der Waals surface area contributed by atoms with Gasteiger partial charge in [-0.25, -0.2) is 4.79 Å². The number of para-hydroxylation sites is 1. The first-order valence-electron chi connectivity index (χ1n) is 9.26. The van der Waals surface area contributed by atoms with Gasteiger partial charge in [0, 0.05) is 12.5 Å². The molecule has 0 unspecified atom stereocenters. The lowest BCUT2D eigenvalue weighted by Gasteiger charge is -2.26. The molecule has 5 heteroatoms. The molecule has 146 valence electrons. The van der Waals surface area contributed by atoms with Crippen LogP contribution in [-0.4, -0.2) is 26.0 Å². The van der Waals surface area contributed by atoms with Crippen molar-refractivity contribution in [2.75, 3.05) is 14.2 Å². The van der Waals surface area contributed by atoms with E-state index in [4.69, 9.17) is 14.2 Å². The molecule has 0 fully saturated rings. The molecule has 0 atom stereocenters. The SMILES string of the molecule is COc1cccc(OC)c1OC(=O)C=C1C2=C(C=CC(=O)C2)Cc2ccccc21. The predicted octanol–water partition coefficient (Wildman–Crippen LogP) is 4.07. The average molecular weight is 388 g/mol. The highest BCUT2D eigenvalue weighted by atomic mass is 16.6. The van der Waals surface area contributed by atoms with E-state index in [-0.39, 0.29) is 18.0 Å². The van der Waals surface area contributed by atoms with Gasteiger partial charge in [-0.2, -0.15) is 0 Å². The van der Waals surface area contributed by atoms with E-state index in [1.54, 1.807) is 24.3 Å². The highest BCUT2D eigenvalue weighted by molar-refractivity contribution is 6.04. The van der Waals surface area contributed by atoms with Crippen LogP contribution in [0.2, 0.25) is 0 Å². The molecule has 0 radical (unpaired) electrons.